The zero-order valence-corrected chi connectivity index (χ0v) is 14.2. The molecule has 0 saturated heterocycles. The van der Waals surface area contributed by atoms with E-state index in [1.165, 1.54) is 10.4 Å². The fourth-order valence-corrected chi connectivity index (χ4v) is 3.75. The van der Waals surface area contributed by atoms with Gasteiger partial charge in [0, 0.05) is 13.1 Å². The zero-order chi connectivity index (χ0) is 15.7. The topological polar surface area (TPSA) is 63.4 Å². The third-order valence-electron chi connectivity index (χ3n) is 3.37. The summed E-state index contributed by atoms with van der Waals surface area (Å²) in [6.45, 7) is 7.79. The maximum absolute atomic E-state index is 12.6. The second-order valence-corrected chi connectivity index (χ2v) is 8.02. The molecule has 114 valence electrons. The van der Waals surface area contributed by atoms with E-state index in [9.17, 15) is 8.42 Å². The second-order valence-electron chi connectivity index (χ2n) is 5.64. The highest BCUT2D eigenvalue weighted by Gasteiger charge is 2.26. The van der Waals surface area contributed by atoms with E-state index in [2.05, 4.69) is 13.8 Å². The molecule has 0 aromatic heterocycles. The first-order chi connectivity index (χ1) is 9.07. The highest BCUT2D eigenvalue weighted by molar-refractivity contribution is 7.89. The maximum atomic E-state index is 12.6. The van der Waals surface area contributed by atoms with Gasteiger partial charge in [-0.05, 0) is 43.9 Å². The molecule has 0 aliphatic carbocycles. The first-order valence-corrected chi connectivity index (χ1v) is 8.42. The zero-order valence-electron chi connectivity index (χ0n) is 12.6. The van der Waals surface area contributed by atoms with Crippen molar-refractivity contribution in [3.05, 3.63) is 22.7 Å². The van der Waals surface area contributed by atoms with Crippen molar-refractivity contribution >= 4 is 27.3 Å². The number of anilines is 1. The first-order valence-electron chi connectivity index (χ1n) is 6.61. The number of hydrogen-bond acceptors (Lipinski definition) is 3. The minimum absolute atomic E-state index is 0.0720. The average Bonchev–Trinajstić information content (AvgIpc) is 2.33. The van der Waals surface area contributed by atoms with E-state index in [0.29, 0.717) is 16.5 Å². The number of aryl methyl sites for hydroxylation is 1. The Labute approximate surface area is 127 Å². The van der Waals surface area contributed by atoms with Crippen molar-refractivity contribution in [2.45, 2.75) is 45.1 Å². The van der Waals surface area contributed by atoms with E-state index < -0.39 is 10.0 Å². The summed E-state index contributed by atoms with van der Waals surface area (Å²) >= 11 is 5.98. The van der Waals surface area contributed by atoms with Gasteiger partial charge in [-0.15, -0.1) is 0 Å². The van der Waals surface area contributed by atoms with Crippen molar-refractivity contribution in [1.82, 2.24) is 4.31 Å². The van der Waals surface area contributed by atoms with Crippen molar-refractivity contribution in [3.8, 4) is 0 Å². The van der Waals surface area contributed by atoms with Gasteiger partial charge in [0.2, 0.25) is 10.0 Å². The molecule has 1 aromatic rings. The van der Waals surface area contributed by atoms with Crippen LogP contribution in [0.3, 0.4) is 0 Å². The van der Waals surface area contributed by atoms with Gasteiger partial charge in [-0.25, -0.2) is 8.42 Å². The van der Waals surface area contributed by atoms with Crippen LogP contribution < -0.4 is 5.73 Å². The normalized spacial score (nSPS) is 14.0. The van der Waals surface area contributed by atoms with E-state index in [1.807, 2.05) is 6.92 Å². The molecule has 1 atom stereocenters. The van der Waals surface area contributed by atoms with Crippen LogP contribution in [0, 0.1) is 12.8 Å². The van der Waals surface area contributed by atoms with Crippen LogP contribution in [0.4, 0.5) is 5.69 Å². The standard InChI is InChI=1S/C14H23ClN2O2S/c1-9(2)6-11(4)17(5)20(18,19)12-7-10(3)14(15)13(16)8-12/h7-9,11H,6,16H2,1-5H3. The SMILES string of the molecule is Cc1cc(S(=O)(=O)N(C)C(C)CC(C)C)cc(N)c1Cl. The summed E-state index contributed by atoms with van der Waals surface area (Å²) in [5.41, 5.74) is 6.71. The molecule has 2 N–H and O–H groups in total. The van der Waals surface area contributed by atoms with Crippen LogP contribution in [0.15, 0.2) is 17.0 Å². The smallest absolute Gasteiger partial charge is 0.243 e. The molecule has 4 nitrogen and oxygen atoms in total. The molecule has 0 heterocycles. The van der Waals surface area contributed by atoms with Crippen LogP contribution in [0.1, 0.15) is 32.8 Å². The van der Waals surface area contributed by atoms with Gasteiger partial charge >= 0.3 is 0 Å². The summed E-state index contributed by atoms with van der Waals surface area (Å²) in [6, 6.07) is 2.91. The van der Waals surface area contributed by atoms with Crippen LogP contribution in [-0.4, -0.2) is 25.8 Å². The number of hydrogen-bond donors (Lipinski definition) is 1. The van der Waals surface area contributed by atoms with Gasteiger partial charge < -0.3 is 5.73 Å². The summed E-state index contributed by atoms with van der Waals surface area (Å²) in [7, 11) is -1.95. The number of halogens is 1. The number of benzene rings is 1. The molecular formula is C14H23ClN2O2S. The summed E-state index contributed by atoms with van der Waals surface area (Å²) in [5, 5.41) is 0.404. The molecular weight excluding hydrogens is 296 g/mol. The molecule has 0 bridgehead atoms. The Morgan fingerprint density at radius 2 is 1.85 bits per heavy atom. The lowest BCUT2D eigenvalue weighted by molar-refractivity contribution is 0.338. The van der Waals surface area contributed by atoms with E-state index >= 15 is 0 Å². The predicted octanol–water partition coefficient (Wildman–Crippen LogP) is 3.29. The first kappa shape index (κ1) is 17.3. The lowest BCUT2D eigenvalue weighted by Crippen LogP contribution is -2.36. The molecule has 0 aliphatic rings. The minimum atomic E-state index is -3.55. The van der Waals surface area contributed by atoms with E-state index in [-0.39, 0.29) is 16.6 Å². The molecule has 6 heteroatoms. The van der Waals surface area contributed by atoms with Crippen molar-refractivity contribution in [3.63, 3.8) is 0 Å². The second kappa shape index (κ2) is 6.33. The Morgan fingerprint density at radius 1 is 1.30 bits per heavy atom. The van der Waals surface area contributed by atoms with E-state index in [1.54, 1.807) is 20.0 Å². The van der Waals surface area contributed by atoms with Crippen LogP contribution in [0.2, 0.25) is 5.02 Å². The Bertz CT molecular complexity index is 562. The Kier molecular flexibility index (Phi) is 5.46. The maximum Gasteiger partial charge on any atom is 0.243 e. The molecule has 1 aromatic carbocycles. The molecule has 0 fully saturated rings. The van der Waals surface area contributed by atoms with Gasteiger partial charge in [0.1, 0.15) is 0 Å². The number of nitrogens with zero attached hydrogens (tertiary/aromatic N) is 1. The van der Waals surface area contributed by atoms with Crippen LogP contribution in [0.25, 0.3) is 0 Å². The molecule has 0 aliphatic heterocycles. The van der Waals surface area contributed by atoms with Crippen LogP contribution >= 0.6 is 11.6 Å². The van der Waals surface area contributed by atoms with Gasteiger partial charge in [0.15, 0.2) is 0 Å². The molecule has 0 amide bonds. The van der Waals surface area contributed by atoms with Gasteiger partial charge in [-0.3, -0.25) is 0 Å². The van der Waals surface area contributed by atoms with E-state index in [4.69, 9.17) is 17.3 Å². The third-order valence-corrected chi connectivity index (χ3v) is 5.83. The lowest BCUT2D eigenvalue weighted by Gasteiger charge is -2.26. The Balaban J connectivity index is 3.17. The number of rotatable bonds is 5. The number of nitrogens with two attached hydrogens (primary N) is 1. The summed E-state index contributed by atoms with van der Waals surface area (Å²) in [4.78, 5) is 0.190. The van der Waals surface area contributed by atoms with Crippen molar-refractivity contribution in [1.29, 1.82) is 0 Å². The molecule has 0 saturated carbocycles. The van der Waals surface area contributed by atoms with Gasteiger partial charge in [-0.1, -0.05) is 25.4 Å². The predicted molar refractivity (Wildman–Crippen MR) is 84.5 cm³/mol. The van der Waals surface area contributed by atoms with Crippen molar-refractivity contribution < 1.29 is 8.42 Å². The molecule has 0 radical (unpaired) electrons. The lowest BCUT2D eigenvalue weighted by atomic mass is 10.1. The minimum Gasteiger partial charge on any atom is -0.397 e. The van der Waals surface area contributed by atoms with Gasteiger partial charge in [0.25, 0.3) is 0 Å². The quantitative estimate of drug-likeness (QED) is 0.847. The highest BCUT2D eigenvalue weighted by Crippen LogP contribution is 2.29. The van der Waals surface area contributed by atoms with Crippen LogP contribution in [0.5, 0.6) is 0 Å². The van der Waals surface area contributed by atoms with Crippen LogP contribution in [-0.2, 0) is 10.0 Å². The third kappa shape index (κ3) is 3.65. The summed E-state index contributed by atoms with van der Waals surface area (Å²) in [5.74, 6) is 0.430. The fourth-order valence-electron chi connectivity index (χ4n) is 2.15. The molecule has 1 rings (SSSR count). The Hall–Kier alpha value is -0.780. The number of nitrogen functional groups attached to an aromatic ring is 1. The van der Waals surface area contributed by atoms with E-state index in [0.717, 1.165) is 6.42 Å². The molecule has 20 heavy (non-hydrogen) atoms. The summed E-state index contributed by atoms with van der Waals surface area (Å²) < 4.78 is 26.6. The molecule has 0 spiro atoms. The number of sulfonamides is 1. The monoisotopic (exact) mass is 318 g/mol. The van der Waals surface area contributed by atoms with Crippen molar-refractivity contribution in [2.75, 3.05) is 12.8 Å². The molecule has 1 unspecified atom stereocenters. The largest absolute Gasteiger partial charge is 0.397 e. The average molecular weight is 319 g/mol. The van der Waals surface area contributed by atoms with Crippen molar-refractivity contribution in [2.24, 2.45) is 5.92 Å². The summed E-state index contributed by atoms with van der Waals surface area (Å²) in [6.07, 6.45) is 0.803. The van der Waals surface area contributed by atoms with Gasteiger partial charge in [-0.2, -0.15) is 4.31 Å². The Morgan fingerprint density at radius 3 is 2.30 bits per heavy atom. The van der Waals surface area contributed by atoms with Gasteiger partial charge in [0.05, 0.1) is 15.6 Å². The highest BCUT2D eigenvalue weighted by atomic mass is 35.5. The fraction of sp³-hybridized carbons (Fsp3) is 0.571.